The fourth-order valence-electron chi connectivity index (χ4n) is 3.38. The number of fused-ring (bicyclic) bond motifs is 1. The lowest BCUT2D eigenvalue weighted by Gasteiger charge is -2.32. The molecule has 2 aromatic heterocycles. The van der Waals surface area contributed by atoms with E-state index >= 15 is 0 Å². The molecule has 0 unspecified atom stereocenters. The van der Waals surface area contributed by atoms with Crippen LogP contribution in [0.2, 0.25) is 0 Å². The highest BCUT2D eigenvalue weighted by Crippen LogP contribution is 2.21. The van der Waals surface area contributed by atoms with Gasteiger partial charge in [0.1, 0.15) is 11.0 Å². The molecular weight excluding hydrogens is 350 g/mol. The first kappa shape index (κ1) is 16.8. The Bertz CT molecular complexity index is 1000. The van der Waals surface area contributed by atoms with E-state index in [0.717, 1.165) is 35.6 Å². The Hall–Kier alpha value is -2.61. The van der Waals surface area contributed by atoms with E-state index in [2.05, 4.69) is 13.7 Å². The number of rotatable bonds is 3. The van der Waals surface area contributed by atoms with Gasteiger partial charge in [0.05, 0.1) is 18.1 Å². The van der Waals surface area contributed by atoms with Crippen molar-refractivity contribution >= 4 is 28.7 Å². The van der Waals surface area contributed by atoms with Gasteiger partial charge in [-0.3, -0.25) is 14.2 Å². The number of piperidine rings is 1. The summed E-state index contributed by atoms with van der Waals surface area (Å²) in [5.74, 6) is 0.415. The first-order chi connectivity index (χ1) is 12.6. The number of aryl methyl sites for hydroxylation is 1. The number of amides is 1. The van der Waals surface area contributed by atoms with Crippen LogP contribution in [0.15, 0.2) is 35.5 Å². The molecule has 26 heavy (non-hydrogen) atoms. The largest absolute Gasteiger partial charge is 0.339 e. The molecule has 0 aliphatic carbocycles. The Balaban J connectivity index is 1.40. The number of nitrogens with zero attached hydrogens (tertiary/aromatic N) is 5. The van der Waals surface area contributed by atoms with E-state index in [0.29, 0.717) is 36.7 Å². The van der Waals surface area contributed by atoms with Crippen molar-refractivity contribution in [1.29, 1.82) is 0 Å². The zero-order chi connectivity index (χ0) is 18.1. The van der Waals surface area contributed by atoms with Gasteiger partial charge in [0.15, 0.2) is 0 Å². The zero-order valence-corrected chi connectivity index (χ0v) is 15.3. The summed E-state index contributed by atoms with van der Waals surface area (Å²) in [5.41, 5.74) is 2.92. The van der Waals surface area contributed by atoms with Crippen LogP contribution in [0.4, 0.5) is 0 Å². The molecule has 0 bridgehead atoms. The van der Waals surface area contributed by atoms with Crippen molar-refractivity contribution in [2.75, 3.05) is 13.1 Å². The molecular formula is C18H19N5O2S. The molecule has 0 radical (unpaired) electrons. The molecule has 1 aromatic carbocycles. The lowest BCUT2D eigenvalue weighted by molar-refractivity contribution is 0.0682. The summed E-state index contributed by atoms with van der Waals surface area (Å²) < 4.78 is 10.1. The normalized spacial score (nSPS) is 15.5. The summed E-state index contributed by atoms with van der Waals surface area (Å²) in [6.07, 6.45) is 4.96. The van der Waals surface area contributed by atoms with Gasteiger partial charge in [-0.1, -0.05) is 0 Å². The van der Waals surface area contributed by atoms with Gasteiger partial charge in [-0.25, -0.2) is 4.98 Å². The van der Waals surface area contributed by atoms with Crippen LogP contribution in [-0.2, 0) is 6.54 Å². The number of aromatic nitrogens is 4. The van der Waals surface area contributed by atoms with Gasteiger partial charge in [0.25, 0.3) is 11.5 Å². The Morgan fingerprint density at radius 1 is 1.23 bits per heavy atom. The molecule has 1 amide bonds. The first-order valence-electron chi connectivity index (χ1n) is 8.64. The van der Waals surface area contributed by atoms with E-state index in [-0.39, 0.29) is 11.5 Å². The van der Waals surface area contributed by atoms with Gasteiger partial charge < -0.3 is 4.90 Å². The highest BCUT2D eigenvalue weighted by atomic mass is 32.1. The summed E-state index contributed by atoms with van der Waals surface area (Å²) in [5, 5.41) is 0. The lowest BCUT2D eigenvalue weighted by Crippen LogP contribution is -2.40. The number of hydrogen-bond acceptors (Lipinski definition) is 6. The second-order valence-electron chi connectivity index (χ2n) is 6.74. The van der Waals surface area contributed by atoms with Crippen molar-refractivity contribution in [2.45, 2.75) is 26.3 Å². The van der Waals surface area contributed by atoms with E-state index in [1.165, 1.54) is 0 Å². The third-order valence-electron chi connectivity index (χ3n) is 4.93. The van der Waals surface area contributed by atoms with E-state index < -0.39 is 0 Å². The van der Waals surface area contributed by atoms with Crippen molar-refractivity contribution in [3.05, 3.63) is 52.2 Å². The van der Waals surface area contributed by atoms with Crippen LogP contribution in [0.1, 0.15) is 28.8 Å². The van der Waals surface area contributed by atoms with Gasteiger partial charge in [-0.05, 0) is 43.9 Å². The first-order valence-corrected chi connectivity index (χ1v) is 9.37. The molecule has 0 saturated carbocycles. The Morgan fingerprint density at radius 3 is 2.81 bits per heavy atom. The monoisotopic (exact) mass is 369 g/mol. The molecule has 1 saturated heterocycles. The van der Waals surface area contributed by atoms with Crippen LogP contribution in [-0.4, -0.2) is 42.2 Å². The van der Waals surface area contributed by atoms with Crippen molar-refractivity contribution in [3.63, 3.8) is 0 Å². The molecule has 3 aromatic rings. The molecule has 4 rings (SSSR count). The van der Waals surface area contributed by atoms with Crippen molar-refractivity contribution in [2.24, 2.45) is 5.92 Å². The van der Waals surface area contributed by atoms with Crippen LogP contribution in [0.5, 0.6) is 0 Å². The van der Waals surface area contributed by atoms with Crippen LogP contribution >= 0.6 is 11.7 Å². The fraction of sp³-hybridized carbons (Fsp3) is 0.389. The maximum Gasteiger partial charge on any atom is 0.256 e. The molecule has 3 heterocycles. The number of carbonyl (C=O) groups is 1. The van der Waals surface area contributed by atoms with Gasteiger partial charge in [0.2, 0.25) is 0 Å². The summed E-state index contributed by atoms with van der Waals surface area (Å²) in [4.78, 5) is 30.9. The predicted octanol–water partition coefficient (Wildman–Crippen LogP) is 2.11. The average Bonchev–Trinajstić information content (AvgIpc) is 3.13. The fourth-order valence-corrected chi connectivity index (χ4v) is 3.90. The lowest BCUT2D eigenvalue weighted by atomic mass is 9.96. The minimum atomic E-state index is 0.0173. The summed E-state index contributed by atoms with van der Waals surface area (Å²) in [7, 11) is 0. The SMILES string of the molecule is Cc1cncn(CC2CCN(C(=O)c3ccc4nsnc4c3)CC2)c1=O. The van der Waals surface area contributed by atoms with E-state index in [1.807, 2.05) is 23.1 Å². The quantitative estimate of drug-likeness (QED) is 0.706. The Labute approximate surface area is 154 Å². The topological polar surface area (TPSA) is 81.0 Å². The third-order valence-corrected chi connectivity index (χ3v) is 5.49. The Kier molecular flexibility index (Phi) is 4.50. The molecule has 1 aliphatic heterocycles. The van der Waals surface area contributed by atoms with Crippen molar-refractivity contribution < 1.29 is 4.79 Å². The van der Waals surface area contributed by atoms with Crippen molar-refractivity contribution in [3.8, 4) is 0 Å². The minimum absolute atomic E-state index is 0.0173. The highest BCUT2D eigenvalue weighted by molar-refractivity contribution is 7.00. The van der Waals surface area contributed by atoms with Crippen LogP contribution < -0.4 is 5.56 Å². The molecule has 134 valence electrons. The number of likely N-dealkylation sites (tertiary alicyclic amines) is 1. The second kappa shape index (κ2) is 6.95. The molecule has 1 fully saturated rings. The number of carbonyl (C=O) groups excluding carboxylic acids is 1. The molecule has 8 heteroatoms. The van der Waals surface area contributed by atoms with E-state index in [9.17, 15) is 9.59 Å². The van der Waals surface area contributed by atoms with E-state index in [1.54, 1.807) is 24.0 Å². The Morgan fingerprint density at radius 2 is 2.00 bits per heavy atom. The van der Waals surface area contributed by atoms with Gasteiger partial charge in [0, 0.05) is 37.0 Å². The van der Waals surface area contributed by atoms with E-state index in [4.69, 9.17) is 0 Å². The standard InChI is InChI=1S/C18H19N5O2S/c1-12-9-19-11-23(17(12)24)10-13-4-6-22(7-5-13)18(25)14-2-3-15-16(8-14)21-26-20-15/h2-3,8-9,11,13H,4-7,10H2,1H3. The molecule has 0 N–H and O–H groups in total. The third kappa shape index (κ3) is 3.24. The van der Waals surface area contributed by atoms with Crippen LogP contribution in [0.25, 0.3) is 11.0 Å². The summed E-state index contributed by atoms with van der Waals surface area (Å²) >= 11 is 1.15. The summed E-state index contributed by atoms with van der Waals surface area (Å²) in [6.45, 7) is 3.84. The highest BCUT2D eigenvalue weighted by Gasteiger charge is 2.24. The van der Waals surface area contributed by atoms with Crippen LogP contribution in [0, 0.1) is 12.8 Å². The maximum atomic E-state index is 12.7. The molecule has 0 atom stereocenters. The van der Waals surface area contributed by atoms with Crippen molar-refractivity contribution in [1.82, 2.24) is 23.2 Å². The minimum Gasteiger partial charge on any atom is -0.339 e. The zero-order valence-electron chi connectivity index (χ0n) is 14.5. The van der Waals surface area contributed by atoms with Gasteiger partial charge in [-0.15, -0.1) is 0 Å². The maximum absolute atomic E-state index is 12.7. The number of benzene rings is 1. The summed E-state index contributed by atoms with van der Waals surface area (Å²) in [6, 6.07) is 5.47. The average molecular weight is 369 g/mol. The van der Waals surface area contributed by atoms with Gasteiger partial charge >= 0.3 is 0 Å². The second-order valence-corrected chi connectivity index (χ2v) is 7.27. The van der Waals surface area contributed by atoms with Crippen LogP contribution in [0.3, 0.4) is 0 Å². The van der Waals surface area contributed by atoms with Gasteiger partial charge in [-0.2, -0.15) is 8.75 Å². The number of hydrogen-bond donors (Lipinski definition) is 0. The molecule has 7 nitrogen and oxygen atoms in total. The smallest absolute Gasteiger partial charge is 0.256 e. The molecule has 1 aliphatic rings. The predicted molar refractivity (Wildman–Crippen MR) is 99.3 cm³/mol. The molecule has 0 spiro atoms.